The summed E-state index contributed by atoms with van der Waals surface area (Å²) in [5, 5.41) is 0. The standard InChI is InChI=1S/C23H30N2O2/c1-3-7-21(8-4-1)23(11-17-26-20-23)19-25-14-12-24(13-15-25)16-18-27-22-9-5-2-6-10-22/h1-10H,11-20H2/t23-/m0/s1. The molecule has 2 heterocycles. The molecule has 0 aliphatic carbocycles. The fraction of sp³-hybridized carbons (Fsp3) is 0.478. The number of hydrogen-bond acceptors (Lipinski definition) is 4. The first-order chi connectivity index (χ1) is 13.3. The third-order valence-corrected chi connectivity index (χ3v) is 5.90. The zero-order valence-electron chi connectivity index (χ0n) is 16.1. The molecule has 27 heavy (non-hydrogen) atoms. The van der Waals surface area contributed by atoms with Crippen LogP contribution >= 0.6 is 0 Å². The lowest BCUT2D eigenvalue weighted by molar-refractivity contribution is 0.0910. The highest BCUT2D eigenvalue weighted by molar-refractivity contribution is 5.27. The van der Waals surface area contributed by atoms with Gasteiger partial charge in [0.15, 0.2) is 0 Å². The maximum atomic E-state index is 5.85. The zero-order valence-corrected chi connectivity index (χ0v) is 16.1. The summed E-state index contributed by atoms with van der Waals surface area (Å²) in [5.41, 5.74) is 1.60. The zero-order chi connectivity index (χ0) is 18.4. The van der Waals surface area contributed by atoms with Gasteiger partial charge >= 0.3 is 0 Å². The first kappa shape index (κ1) is 18.5. The van der Waals surface area contributed by atoms with Crippen molar-refractivity contribution in [3.05, 3.63) is 66.2 Å². The minimum atomic E-state index is 0.167. The number of rotatable bonds is 7. The number of para-hydroxylation sites is 1. The molecule has 144 valence electrons. The highest BCUT2D eigenvalue weighted by Crippen LogP contribution is 2.34. The molecule has 2 aromatic carbocycles. The van der Waals surface area contributed by atoms with Gasteiger partial charge in [0.05, 0.1) is 6.61 Å². The second-order valence-electron chi connectivity index (χ2n) is 7.73. The van der Waals surface area contributed by atoms with Gasteiger partial charge in [0.2, 0.25) is 0 Å². The number of piperazine rings is 1. The molecule has 2 saturated heterocycles. The molecule has 4 rings (SSSR count). The van der Waals surface area contributed by atoms with Gasteiger partial charge < -0.3 is 9.47 Å². The Kier molecular flexibility index (Phi) is 6.07. The largest absolute Gasteiger partial charge is 0.492 e. The molecule has 0 aromatic heterocycles. The van der Waals surface area contributed by atoms with E-state index in [1.165, 1.54) is 5.56 Å². The molecular formula is C23H30N2O2. The lowest BCUT2D eigenvalue weighted by atomic mass is 9.79. The fourth-order valence-corrected chi connectivity index (χ4v) is 4.25. The summed E-state index contributed by atoms with van der Waals surface area (Å²) in [5.74, 6) is 0.960. The lowest BCUT2D eigenvalue weighted by Crippen LogP contribution is -2.51. The molecule has 0 unspecified atom stereocenters. The summed E-state index contributed by atoms with van der Waals surface area (Å²) in [6.07, 6.45) is 1.13. The Morgan fingerprint density at radius 3 is 2.19 bits per heavy atom. The Labute approximate surface area is 162 Å². The van der Waals surface area contributed by atoms with Crippen molar-refractivity contribution in [2.24, 2.45) is 0 Å². The van der Waals surface area contributed by atoms with Gasteiger partial charge in [-0.25, -0.2) is 0 Å². The predicted molar refractivity (Wildman–Crippen MR) is 108 cm³/mol. The van der Waals surface area contributed by atoms with Gasteiger partial charge in [0.25, 0.3) is 0 Å². The Bertz CT molecular complexity index is 678. The Balaban J connectivity index is 1.25. The Morgan fingerprint density at radius 1 is 0.852 bits per heavy atom. The van der Waals surface area contributed by atoms with E-state index in [9.17, 15) is 0 Å². The van der Waals surface area contributed by atoms with Crippen LogP contribution in [0.15, 0.2) is 60.7 Å². The summed E-state index contributed by atoms with van der Waals surface area (Å²) in [4.78, 5) is 5.13. The predicted octanol–water partition coefficient (Wildman–Crippen LogP) is 3.04. The van der Waals surface area contributed by atoms with Crippen molar-refractivity contribution in [1.29, 1.82) is 0 Å². The third-order valence-electron chi connectivity index (χ3n) is 5.90. The van der Waals surface area contributed by atoms with Crippen LogP contribution in [0.1, 0.15) is 12.0 Å². The second kappa shape index (κ2) is 8.87. The molecule has 2 aromatic rings. The maximum absolute atomic E-state index is 5.85. The number of ether oxygens (including phenoxy) is 2. The van der Waals surface area contributed by atoms with E-state index >= 15 is 0 Å². The van der Waals surface area contributed by atoms with E-state index in [1.54, 1.807) is 0 Å². The molecule has 4 nitrogen and oxygen atoms in total. The molecule has 0 saturated carbocycles. The van der Waals surface area contributed by atoms with E-state index in [-0.39, 0.29) is 5.41 Å². The normalized spacial score (nSPS) is 24.1. The van der Waals surface area contributed by atoms with Crippen LogP contribution in [0.5, 0.6) is 5.75 Å². The monoisotopic (exact) mass is 366 g/mol. The van der Waals surface area contributed by atoms with Crippen molar-refractivity contribution in [2.75, 3.05) is 59.1 Å². The molecule has 2 aliphatic rings. The number of hydrogen-bond donors (Lipinski definition) is 0. The summed E-state index contributed by atoms with van der Waals surface area (Å²) >= 11 is 0. The highest BCUT2D eigenvalue weighted by atomic mass is 16.5. The maximum Gasteiger partial charge on any atom is 0.119 e. The second-order valence-corrected chi connectivity index (χ2v) is 7.73. The van der Waals surface area contributed by atoms with E-state index in [4.69, 9.17) is 9.47 Å². The third kappa shape index (κ3) is 4.70. The average Bonchev–Trinajstić information content (AvgIpc) is 3.21. The van der Waals surface area contributed by atoms with Crippen molar-refractivity contribution in [3.8, 4) is 5.75 Å². The van der Waals surface area contributed by atoms with Crippen LogP contribution in [0.3, 0.4) is 0 Å². The molecule has 0 N–H and O–H groups in total. The van der Waals surface area contributed by atoms with E-state index in [1.807, 2.05) is 30.3 Å². The summed E-state index contributed by atoms with van der Waals surface area (Å²) in [6.45, 7) is 9.06. The minimum absolute atomic E-state index is 0.167. The molecule has 0 amide bonds. The smallest absolute Gasteiger partial charge is 0.119 e. The van der Waals surface area contributed by atoms with Crippen molar-refractivity contribution >= 4 is 0 Å². The van der Waals surface area contributed by atoms with Crippen molar-refractivity contribution < 1.29 is 9.47 Å². The minimum Gasteiger partial charge on any atom is -0.492 e. The van der Waals surface area contributed by atoms with Gasteiger partial charge in [-0.05, 0) is 24.1 Å². The van der Waals surface area contributed by atoms with Crippen LogP contribution in [0.2, 0.25) is 0 Å². The van der Waals surface area contributed by atoms with Gasteiger partial charge in [0, 0.05) is 51.3 Å². The van der Waals surface area contributed by atoms with E-state index in [0.29, 0.717) is 0 Å². The first-order valence-corrected chi connectivity index (χ1v) is 10.1. The first-order valence-electron chi connectivity index (χ1n) is 10.1. The van der Waals surface area contributed by atoms with Crippen molar-refractivity contribution in [3.63, 3.8) is 0 Å². The molecule has 0 radical (unpaired) electrons. The van der Waals surface area contributed by atoms with Gasteiger partial charge in [-0.3, -0.25) is 9.80 Å². The molecule has 2 fully saturated rings. The highest BCUT2D eigenvalue weighted by Gasteiger charge is 2.38. The quantitative estimate of drug-likeness (QED) is 0.752. The van der Waals surface area contributed by atoms with Crippen LogP contribution in [0.4, 0.5) is 0 Å². The van der Waals surface area contributed by atoms with Crippen molar-refractivity contribution in [2.45, 2.75) is 11.8 Å². The molecule has 4 heteroatoms. The summed E-state index contributed by atoms with van der Waals surface area (Å²) in [7, 11) is 0. The van der Waals surface area contributed by atoms with Crippen LogP contribution in [0.25, 0.3) is 0 Å². The Morgan fingerprint density at radius 2 is 1.52 bits per heavy atom. The fourth-order valence-electron chi connectivity index (χ4n) is 4.25. The summed E-state index contributed by atoms with van der Waals surface area (Å²) < 4.78 is 11.7. The summed E-state index contributed by atoms with van der Waals surface area (Å²) in [6, 6.07) is 21.0. The molecule has 0 spiro atoms. The Hall–Kier alpha value is -1.88. The van der Waals surface area contributed by atoms with Gasteiger partial charge in [-0.1, -0.05) is 48.5 Å². The van der Waals surface area contributed by atoms with E-state index in [0.717, 1.165) is 71.3 Å². The topological polar surface area (TPSA) is 24.9 Å². The van der Waals surface area contributed by atoms with Crippen LogP contribution < -0.4 is 4.74 Å². The SMILES string of the molecule is c1ccc(OCCN2CCN(C[C@@]3(c4ccccc4)CCOC3)CC2)cc1. The molecule has 2 aliphatic heterocycles. The molecular weight excluding hydrogens is 336 g/mol. The van der Waals surface area contributed by atoms with Crippen LogP contribution in [-0.2, 0) is 10.2 Å². The molecule has 0 bridgehead atoms. The van der Waals surface area contributed by atoms with Crippen LogP contribution in [-0.4, -0.2) is 68.9 Å². The lowest BCUT2D eigenvalue weighted by Gasteiger charge is -2.40. The molecule has 1 atom stereocenters. The van der Waals surface area contributed by atoms with Crippen molar-refractivity contribution in [1.82, 2.24) is 9.80 Å². The van der Waals surface area contributed by atoms with Gasteiger partial charge in [-0.2, -0.15) is 0 Å². The van der Waals surface area contributed by atoms with E-state index in [2.05, 4.69) is 40.1 Å². The number of nitrogens with zero attached hydrogens (tertiary/aromatic N) is 2. The van der Waals surface area contributed by atoms with Gasteiger partial charge in [0.1, 0.15) is 12.4 Å². The van der Waals surface area contributed by atoms with Crippen LogP contribution in [0, 0.1) is 0 Å². The van der Waals surface area contributed by atoms with E-state index < -0.39 is 0 Å². The van der Waals surface area contributed by atoms with Gasteiger partial charge in [-0.15, -0.1) is 0 Å². The average molecular weight is 367 g/mol. The number of benzene rings is 2.